The first-order valence-corrected chi connectivity index (χ1v) is 9.95. The lowest BCUT2D eigenvalue weighted by Crippen LogP contribution is -2.29. The van der Waals surface area contributed by atoms with Crippen molar-refractivity contribution in [2.75, 3.05) is 32.1 Å². The number of methoxy groups -OCH3 is 1. The molecule has 1 N–H and O–H groups in total. The predicted octanol–water partition coefficient (Wildman–Crippen LogP) is 4.39. The third-order valence-electron chi connectivity index (χ3n) is 4.76. The third-order valence-corrected chi connectivity index (χ3v) is 5.05. The number of cyclic esters (lactones) is 1. The number of rotatable bonds is 7. The number of carbonyl (C=O) groups excluding carboxylic acids is 1. The summed E-state index contributed by atoms with van der Waals surface area (Å²) in [5.74, 6) is 0.971. The maximum atomic E-state index is 13.5. The van der Waals surface area contributed by atoms with Crippen molar-refractivity contribution >= 4 is 40.1 Å². The Morgan fingerprint density at radius 1 is 1.29 bits per heavy atom. The van der Waals surface area contributed by atoms with E-state index in [1.807, 2.05) is 6.92 Å². The molecule has 4 rings (SSSR count). The number of nitrogens with one attached hydrogen (secondary N) is 1. The smallest absolute Gasteiger partial charge is 0.410 e. The van der Waals surface area contributed by atoms with Gasteiger partial charge in [0.05, 0.1) is 30.7 Å². The van der Waals surface area contributed by atoms with Crippen molar-refractivity contribution in [3.05, 3.63) is 47.5 Å². The molecule has 0 radical (unpaired) electrons. The minimum atomic E-state index is -0.503. The minimum absolute atomic E-state index is 0.00353. The number of hydrogen-bond donors (Lipinski definition) is 1. The summed E-state index contributed by atoms with van der Waals surface area (Å²) in [5.41, 5.74) is 1.21. The molecule has 0 aliphatic carbocycles. The molecule has 0 bridgehead atoms. The number of nitrogens with zero attached hydrogens (tertiary/aromatic N) is 3. The van der Waals surface area contributed by atoms with Crippen molar-refractivity contribution < 1.29 is 23.4 Å². The fourth-order valence-electron chi connectivity index (χ4n) is 3.26. The van der Waals surface area contributed by atoms with E-state index in [-0.39, 0.29) is 23.8 Å². The Balaban J connectivity index is 1.57. The van der Waals surface area contributed by atoms with Crippen molar-refractivity contribution in [1.82, 2.24) is 14.9 Å². The van der Waals surface area contributed by atoms with Gasteiger partial charge in [0.15, 0.2) is 11.5 Å². The number of ether oxygens (including phenoxy) is 3. The number of aromatic nitrogens is 2. The standard InChI is InChI=1S/C21H20ClFN4O4/c1-12-10-27(21(28)31-12)5-6-30-19-8-14-17(9-18(19)29-2)24-11-25-20(14)26-13-3-4-16(23)15(22)7-13/h3-4,7-9,11-12H,5-6,10H2,1-2H3,(H,24,25,26). The zero-order valence-electron chi connectivity index (χ0n) is 16.9. The van der Waals surface area contributed by atoms with Gasteiger partial charge in [-0.25, -0.2) is 19.2 Å². The molecule has 1 atom stereocenters. The first kappa shape index (κ1) is 20.9. The lowest BCUT2D eigenvalue weighted by molar-refractivity contribution is 0.135. The summed E-state index contributed by atoms with van der Waals surface area (Å²) in [6.45, 7) is 3.01. The maximum Gasteiger partial charge on any atom is 0.410 e. The SMILES string of the molecule is COc1cc2ncnc(Nc3ccc(F)c(Cl)c3)c2cc1OCCN1CC(C)OC1=O. The molecule has 1 aliphatic heterocycles. The van der Waals surface area contributed by atoms with E-state index in [0.29, 0.717) is 47.0 Å². The highest BCUT2D eigenvalue weighted by molar-refractivity contribution is 6.31. The summed E-state index contributed by atoms with van der Waals surface area (Å²) in [5, 5.41) is 3.80. The van der Waals surface area contributed by atoms with E-state index >= 15 is 0 Å². The monoisotopic (exact) mass is 446 g/mol. The second kappa shape index (κ2) is 8.81. The van der Waals surface area contributed by atoms with Crippen LogP contribution in [0.15, 0.2) is 36.7 Å². The Labute approximate surface area is 182 Å². The van der Waals surface area contributed by atoms with Crippen LogP contribution in [0, 0.1) is 5.82 Å². The lowest BCUT2D eigenvalue weighted by atomic mass is 10.2. The molecule has 1 amide bonds. The number of carbonyl (C=O) groups is 1. The van der Waals surface area contributed by atoms with E-state index in [0.717, 1.165) is 0 Å². The number of hydrogen-bond acceptors (Lipinski definition) is 7. The van der Waals surface area contributed by atoms with Crippen molar-refractivity contribution in [3.63, 3.8) is 0 Å². The van der Waals surface area contributed by atoms with Gasteiger partial charge in [0.2, 0.25) is 0 Å². The number of anilines is 2. The first-order valence-electron chi connectivity index (χ1n) is 9.58. The van der Waals surface area contributed by atoms with Crippen LogP contribution in [0.3, 0.4) is 0 Å². The third kappa shape index (κ3) is 4.56. The number of halogens is 2. The summed E-state index contributed by atoms with van der Waals surface area (Å²) in [4.78, 5) is 21.9. The van der Waals surface area contributed by atoms with Gasteiger partial charge in [-0.2, -0.15) is 0 Å². The Bertz CT molecular complexity index is 1130. The quantitative estimate of drug-likeness (QED) is 0.575. The van der Waals surface area contributed by atoms with E-state index in [1.165, 1.54) is 25.6 Å². The van der Waals surface area contributed by atoms with Crippen molar-refractivity contribution in [2.24, 2.45) is 0 Å². The summed E-state index contributed by atoms with van der Waals surface area (Å²) in [7, 11) is 1.54. The molecule has 0 spiro atoms. The first-order chi connectivity index (χ1) is 14.9. The van der Waals surface area contributed by atoms with Crippen LogP contribution < -0.4 is 14.8 Å². The molecule has 2 aromatic carbocycles. The second-order valence-corrected chi connectivity index (χ2v) is 7.39. The van der Waals surface area contributed by atoms with E-state index < -0.39 is 5.82 Å². The molecule has 3 aromatic rings. The molecular formula is C21H20ClFN4O4. The zero-order chi connectivity index (χ0) is 22.0. The molecule has 1 unspecified atom stereocenters. The fraction of sp³-hybridized carbons (Fsp3) is 0.286. The van der Waals surface area contributed by atoms with E-state index in [9.17, 15) is 9.18 Å². The lowest BCUT2D eigenvalue weighted by Gasteiger charge is -2.16. The molecule has 1 aliphatic rings. The Hall–Kier alpha value is -3.33. The van der Waals surface area contributed by atoms with Crippen molar-refractivity contribution in [1.29, 1.82) is 0 Å². The molecule has 8 nitrogen and oxygen atoms in total. The van der Waals surface area contributed by atoms with Crippen LogP contribution in [0.5, 0.6) is 11.5 Å². The van der Waals surface area contributed by atoms with Gasteiger partial charge in [0.25, 0.3) is 0 Å². The Morgan fingerprint density at radius 2 is 2.13 bits per heavy atom. The van der Waals surface area contributed by atoms with E-state index in [1.54, 1.807) is 23.1 Å². The topological polar surface area (TPSA) is 85.8 Å². The van der Waals surface area contributed by atoms with Gasteiger partial charge in [-0.05, 0) is 31.2 Å². The molecule has 1 aromatic heterocycles. The van der Waals surface area contributed by atoms with E-state index in [2.05, 4.69) is 15.3 Å². The molecule has 1 fully saturated rings. The second-order valence-electron chi connectivity index (χ2n) is 6.99. The van der Waals surface area contributed by atoms with Crippen LogP contribution in [-0.2, 0) is 4.74 Å². The maximum absolute atomic E-state index is 13.5. The predicted molar refractivity (Wildman–Crippen MR) is 114 cm³/mol. The van der Waals surface area contributed by atoms with Crippen LogP contribution in [-0.4, -0.2) is 53.9 Å². The molecule has 31 heavy (non-hydrogen) atoms. The molecule has 2 heterocycles. The highest BCUT2D eigenvalue weighted by Gasteiger charge is 2.27. The Kier molecular flexibility index (Phi) is 5.94. The van der Waals surface area contributed by atoms with Crippen LogP contribution in [0.1, 0.15) is 6.92 Å². The molecule has 162 valence electrons. The molecule has 0 saturated carbocycles. The molecule has 1 saturated heterocycles. The summed E-state index contributed by atoms with van der Waals surface area (Å²) in [6.07, 6.45) is 0.934. The van der Waals surface area contributed by atoms with E-state index in [4.69, 9.17) is 25.8 Å². The van der Waals surface area contributed by atoms with Gasteiger partial charge in [-0.3, -0.25) is 0 Å². The Morgan fingerprint density at radius 3 is 2.84 bits per heavy atom. The van der Waals surface area contributed by atoms with Gasteiger partial charge in [0.1, 0.15) is 30.7 Å². The van der Waals surface area contributed by atoms with Crippen molar-refractivity contribution in [2.45, 2.75) is 13.0 Å². The molecular weight excluding hydrogens is 427 g/mol. The summed E-state index contributed by atoms with van der Waals surface area (Å²) < 4.78 is 29.9. The van der Waals surface area contributed by atoms with Gasteiger partial charge in [0, 0.05) is 17.1 Å². The van der Waals surface area contributed by atoms with Gasteiger partial charge in [-0.1, -0.05) is 11.6 Å². The average molecular weight is 447 g/mol. The largest absolute Gasteiger partial charge is 0.493 e. The molecule has 10 heteroatoms. The summed E-state index contributed by atoms with van der Waals surface area (Å²) in [6, 6.07) is 7.80. The number of benzene rings is 2. The van der Waals surface area contributed by atoms with Gasteiger partial charge < -0.3 is 24.4 Å². The van der Waals surface area contributed by atoms with Gasteiger partial charge >= 0.3 is 6.09 Å². The van der Waals surface area contributed by atoms with Crippen LogP contribution in [0.25, 0.3) is 10.9 Å². The number of fused-ring (bicyclic) bond motifs is 1. The average Bonchev–Trinajstić information content (AvgIpc) is 3.07. The van der Waals surface area contributed by atoms with Crippen LogP contribution in [0.4, 0.5) is 20.7 Å². The highest BCUT2D eigenvalue weighted by atomic mass is 35.5. The highest BCUT2D eigenvalue weighted by Crippen LogP contribution is 2.35. The van der Waals surface area contributed by atoms with Crippen LogP contribution >= 0.6 is 11.6 Å². The normalized spacial score (nSPS) is 15.8. The number of amides is 1. The fourth-order valence-corrected chi connectivity index (χ4v) is 3.44. The van der Waals surface area contributed by atoms with Gasteiger partial charge in [-0.15, -0.1) is 0 Å². The minimum Gasteiger partial charge on any atom is -0.493 e. The van der Waals surface area contributed by atoms with Crippen molar-refractivity contribution in [3.8, 4) is 11.5 Å². The zero-order valence-corrected chi connectivity index (χ0v) is 17.6. The van der Waals surface area contributed by atoms with Crippen LogP contribution in [0.2, 0.25) is 5.02 Å². The summed E-state index contributed by atoms with van der Waals surface area (Å²) >= 11 is 5.87.